The van der Waals surface area contributed by atoms with Gasteiger partial charge in [0.05, 0.1) is 6.26 Å². The minimum absolute atomic E-state index is 0.0718. The fourth-order valence-corrected chi connectivity index (χ4v) is 4.45. The fourth-order valence-electron chi connectivity index (χ4n) is 3.02. The Labute approximate surface area is 107 Å². The lowest BCUT2D eigenvalue weighted by molar-refractivity contribution is 0.286. The largest absolute Gasteiger partial charge is 0.338 e. The van der Waals surface area contributed by atoms with Gasteiger partial charge < -0.3 is 4.90 Å². The summed E-state index contributed by atoms with van der Waals surface area (Å²) < 4.78 is 25.2. The van der Waals surface area contributed by atoms with Gasteiger partial charge in [0.25, 0.3) is 0 Å². The van der Waals surface area contributed by atoms with E-state index in [4.69, 9.17) is 0 Å². The number of aromatic nitrogens is 2. The van der Waals surface area contributed by atoms with Gasteiger partial charge in [-0.3, -0.25) is 0 Å². The first-order chi connectivity index (χ1) is 8.55. The van der Waals surface area contributed by atoms with Crippen LogP contribution in [0.4, 0.5) is 5.95 Å². The predicted octanol–water partition coefficient (Wildman–Crippen LogP) is 0.0892. The second-order valence-corrected chi connectivity index (χ2v) is 6.82. The highest BCUT2D eigenvalue weighted by Crippen LogP contribution is 2.33. The van der Waals surface area contributed by atoms with Gasteiger partial charge in [0, 0.05) is 37.6 Å². The molecule has 3 heterocycles. The molecule has 6 nitrogen and oxygen atoms in total. The number of anilines is 1. The smallest absolute Gasteiger partial charge is 0.225 e. The second kappa shape index (κ2) is 4.17. The first-order valence-electron chi connectivity index (χ1n) is 6.06. The second-order valence-electron chi connectivity index (χ2n) is 4.93. The summed E-state index contributed by atoms with van der Waals surface area (Å²) in [6.45, 7) is 1.38. The molecule has 0 aromatic carbocycles. The number of hydrogen-bond acceptors (Lipinski definition) is 5. The Morgan fingerprint density at radius 3 is 2.22 bits per heavy atom. The number of hydrogen-bond donors (Lipinski definition) is 0. The molecule has 2 aliphatic heterocycles. The quantitative estimate of drug-likeness (QED) is 0.760. The lowest BCUT2D eigenvalue weighted by Crippen LogP contribution is -2.55. The lowest BCUT2D eigenvalue weighted by atomic mass is 10.2. The van der Waals surface area contributed by atoms with Gasteiger partial charge in [-0.25, -0.2) is 18.4 Å². The molecule has 2 atom stereocenters. The molecule has 3 rings (SSSR count). The van der Waals surface area contributed by atoms with Crippen LogP contribution in [0.15, 0.2) is 18.5 Å². The van der Waals surface area contributed by atoms with E-state index in [0.717, 1.165) is 12.8 Å². The van der Waals surface area contributed by atoms with E-state index in [-0.39, 0.29) is 12.1 Å². The fraction of sp³-hybridized carbons (Fsp3) is 0.636. The molecular formula is C11H16N4O2S. The number of nitrogens with zero attached hydrogens (tertiary/aromatic N) is 4. The van der Waals surface area contributed by atoms with Crippen LogP contribution in [0.5, 0.6) is 0 Å². The van der Waals surface area contributed by atoms with Gasteiger partial charge in [0.1, 0.15) is 0 Å². The van der Waals surface area contributed by atoms with E-state index >= 15 is 0 Å². The Morgan fingerprint density at radius 2 is 1.72 bits per heavy atom. The molecule has 0 spiro atoms. The molecule has 1 aromatic rings. The van der Waals surface area contributed by atoms with E-state index < -0.39 is 10.0 Å². The van der Waals surface area contributed by atoms with E-state index in [1.165, 1.54) is 6.26 Å². The first-order valence-corrected chi connectivity index (χ1v) is 7.91. The maximum atomic E-state index is 11.8. The van der Waals surface area contributed by atoms with Gasteiger partial charge in [0.2, 0.25) is 16.0 Å². The Kier molecular flexibility index (Phi) is 2.74. The summed E-state index contributed by atoms with van der Waals surface area (Å²) in [4.78, 5) is 10.6. The molecule has 1 aromatic heterocycles. The Balaban J connectivity index is 1.84. The SMILES string of the molecule is CS(=O)(=O)N1[C@H]2CC[C@H]1CN(c1ncccn1)C2. The van der Waals surface area contributed by atoms with E-state index in [9.17, 15) is 8.42 Å². The van der Waals surface area contributed by atoms with Crippen molar-refractivity contribution in [1.29, 1.82) is 0 Å². The number of fused-ring (bicyclic) bond motifs is 2. The van der Waals surface area contributed by atoms with Crippen molar-refractivity contribution in [2.24, 2.45) is 0 Å². The molecule has 0 aliphatic carbocycles. The Morgan fingerprint density at radius 1 is 1.17 bits per heavy atom. The van der Waals surface area contributed by atoms with Crippen molar-refractivity contribution in [2.75, 3.05) is 24.2 Å². The van der Waals surface area contributed by atoms with Gasteiger partial charge in [-0.05, 0) is 18.9 Å². The molecule has 0 saturated carbocycles. The van der Waals surface area contributed by atoms with Crippen molar-refractivity contribution in [3.8, 4) is 0 Å². The third-order valence-corrected chi connectivity index (χ3v) is 5.00. The number of piperazine rings is 1. The van der Waals surface area contributed by atoms with Crippen LogP contribution in [0.3, 0.4) is 0 Å². The topological polar surface area (TPSA) is 66.4 Å². The van der Waals surface area contributed by atoms with Crippen LogP contribution < -0.4 is 4.90 Å². The normalized spacial score (nSPS) is 28.6. The van der Waals surface area contributed by atoms with Crippen molar-refractivity contribution in [2.45, 2.75) is 24.9 Å². The van der Waals surface area contributed by atoms with E-state index in [1.807, 2.05) is 0 Å². The zero-order valence-electron chi connectivity index (χ0n) is 10.2. The zero-order valence-corrected chi connectivity index (χ0v) is 11.0. The van der Waals surface area contributed by atoms with Crippen molar-refractivity contribution >= 4 is 16.0 Å². The minimum Gasteiger partial charge on any atom is -0.338 e. The van der Waals surface area contributed by atoms with Crippen LogP contribution in [0, 0.1) is 0 Å². The standard InChI is InChI=1S/C11H16N4O2S/c1-18(16,17)15-9-3-4-10(15)8-14(7-9)11-12-5-2-6-13-11/h2,5-6,9-10H,3-4,7-8H2,1H3/t9-,10-/m0/s1. The average Bonchev–Trinajstić information content (AvgIpc) is 2.62. The van der Waals surface area contributed by atoms with Crippen LogP contribution in [0.25, 0.3) is 0 Å². The maximum absolute atomic E-state index is 11.8. The molecule has 98 valence electrons. The summed E-state index contributed by atoms with van der Waals surface area (Å²) in [7, 11) is -3.10. The first kappa shape index (κ1) is 11.9. The van der Waals surface area contributed by atoms with Gasteiger partial charge >= 0.3 is 0 Å². The van der Waals surface area contributed by atoms with Crippen LogP contribution in [-0.4, -0.2) is 54.1 Å². The Bertz CT molecular complexity index is 519. The summed E-state index contributed by atoms with van der Waals surface area (Å²) in [6.07, 6.45) is 6.59. The predicted molar refractivity (Wildman–Crippen MR) is 67.7 cm³/mol. The van der Waals surface area contributed by atoms with Gasteiger partial charge in [-0.2, -0.15) is 4.31 Å². The molecule has 18 heavy (non-hydrogen) atoms. The third-order valence-electron chi connectivity index (χ3n) is 3.63. The third kappa shape index (κ3) is 1.97. The molecule has 7 heteroatoms. The molecule has 0 amide bonds. The molecule has 0 unspecified atom stereocenters. The van der Waals surface area contributed by atoms with Crippen LogP contribution in [0.1, 0.15) is 12.8 Å². The number of sulfonamides is 1. The summed E-state index contributed by atoms with van der Waals surface area (Å²) >= 11 is 0. The molecule has 2 aliphatic rings. The molecule has 2 fully saturated rings. The average molecular weight is 268 g/mol. The van der Waals surface area contributed by atoms with E-state index in [1.54, 1.807) is 22.8 Å². The maximum Gasteiger partial charge on any atom is 0.225 e. The summed E-state index contributed by atoms with van der Waals surface area (Å²) in [6, 6.07) is 1.93. The van der Waals surface area contributed by atoms with Gasteiger partial charge in [0.15, 0.2) is 0 Å². The van der Waals surface area contributed by atoms with E-state index in [2.05, 4.69) is 14.9 Å². The van der Waals surface area contributed by atoms with Crippen LogP contribution in [-0.2, 0) is 10.0 Å². The Hall–Kier alpha value is -1.21. The highest BCUT2D eigenvalue weighted by atomic mass is 32.2. The lowest BCUT2D eigenvalue weighted by Gasteiger charge is -2.39. The molecule has 0 N–H and O–H groups in total. The minimum atomic E-state index is -3.10. The monoisotopic (exact) mass is 268 g/mol. The van der Waals surface area contributed by atoms with Gasteiger partial charge in [-0.1, -0.05) is 0 Å². The van der Waals surface area contributed by atoms with Gasteiger partial charge in [-0.15, -0.1) is 0 Å². The molecule has 0 radical (unpaired) electrons. The molecule has 2 saturated heterocycles. The van der Waals surface area contributed by atoms with Crippen LogP contribution >= 0.6 is 0 Å². The van der Waals surface area contributed by atoms with E-state index in [0.29, 0.717) is 19.0 Å². The van der Waals surface area contributed by atoms with Crippen molar-refractivity contribution in [1.82, 2.24) is 14.3 Å². The van der Waals surface area contributed by atoms with Crippen LogP contribution in [0.2, 0.25) is 0 Å². The summed E-state index contributed by atoms with van der Waals surface area (Å²) in [5.74, 6) is 0.697. The molecular weight excluding hydrogens is 252 g/mol. The highest BCUT2D eigenvalue weighted by Gasteiger charge is 2.45. The number of rotatable bonds is 2. The van der Waals surface area contributed by atoms with Crippen molar-refractivity contribution in [3.63, 3.8) is 0 Å². The summed E-state index contributed by atoms with van der Waals surface area (Å²) in [5, 5.41) is 0. The highest BCUT2D eigenvalue weighted by molar-refractivity contribution is 7.88. The zero-order chi connectivity index (χ0) is 12.8. The van der Waals surface area contributed by atoms with Crippen molar-refractivity contribution in [3.05, 3.63) is 18.5 Å². The van der Waals surface area contributed by atoms with Crippen molar-refractivity contribution < 1.29 is 8.42 Å². The summed E-state index contributed by atoms with van der Waals surface area (Å²) in [5.41, 5.74) is 0. The molecule has 2 bridgehead atoms.